The van der Waals surface area contributed by atoms with Gasteiger partial charge in [-0.3, -0.25) is 9.69 Å². The molecule has 0 radical (unpaired) electrons. The van der Waals surface area contributed by atoms with Gasteiger partial charge in [0.05, 0.1) is 22.5 Å². The summed E-state index contributed by atoms with van der Waals surface area (Å²) in [6.45, 7) is 1.38. The van der Waals surface area contributed by atoms with E-state index >= 15 is 0 Å². The van der Waals surface area contributed by atoms with Crippen LogP contribution < -0.4 is 4.90 Å². The second-order valence-corrected chi connectivity index (χ2v) is 7.86. The molecule has 0 atom stereocenters. The zero-order valence-electron chi connectivity index (χ0n) is 15.6. The Morgan fingerprint density at radius 3 is 2.69 bits per heavy atom. The summed E-state index contributed by atoms with van der Waals surface area (Å²) >= 11 is 7.78. The molecule has 0 bridgehead atoms. The fourth-order valence-corrected chi connectivity index (χ4v) is 4.35. The minimum atomic E-state index is 0. The van der Waals surface area contributed by atoms with Crippen LogP contribution in [0.1, 0.15) is 12.0 Å². The topological polar surface area (TPSA) is 51.0 Å². The second-order valence-electron chi connectivity index (χ2n) is 6.44. The van der Waals surface area contributed by atoms with Crippen LogP contribution in [0.2, 0.25) is 5.02 Å². The van der Waals surface area contributed by atoms with Crippen LogP contribution in [0.25, 0.3) is 10.2 Å². The van der Waals surface area contributed by atoms with Gasteiger partial charge in [-0.15, -0.1) is 12.4 Å². The standard InChI is InChI=1S/C21H19ClN4OS.ClH/c22-17-8-4-9-18-20(17)24-21(28-18)26(12-5-11-25-13-10-23-15-25)19(27)14-16-6-2-1-3-7-16;/h1-4,6-10,13,15H,5,11-12,14H2;1H. The Morgan fingerprint density at radius 1 is 1.14 bits per heavy atom. The molecule has 1 amide bonds. The molecule has 2 aromatic carbocycles. The number of imidazole rings is 1. The molecule has 0 fully saturated rings. The molecule has 0 unspecified atom stereocenters. The molecule has 150 valence electrons. The van der Waals surface area contributed by atoms with E-state index in [0.29, 0.717) is 23.1 Å². The highest BCUT2D eigenvalue weighted by molar-refractivity contribution is 7.22. The van der Waals surface area contributed by atoms with Crippen LogP contribution in [-0.2, 0) is 17.8 Å². The number of benzene rings is 2. The molecule has 0 saturated carbocycles. The van der Waals surface area contributed by atoms with Gasteiger partial charge < -0.3 is 4.57 Å². The fourth-order valence-electron chi connectivity index (χ4n) is 3.04. The highest BCUT2D eigenvalue weighted by atomic mass is 35.5. The smallest absolute Gasteiger partial charge is 0.233 e. The molecule has 0 saturated heterocycles. The number of thiazole rings is 1. The van der Waals surface area contributed by atoms with Gasteiger partial charge in [0.25, 0.3) is 0 Å². The maximum Gasteiger partial charge on any atom is 0.233 e. The normalized spacial score (nSPS) is 10.7. The van der Waals surface area contributed by atoms with E-state index in [4.69, 9.17) is 11.6 Å². The monoisotopic (exact) mass is 446 g/mol. The maximum absolute atomic E-state index is 13.1. The van der Waals surface area contributed by atoms with Crippen LogP contribution in [0.4, 0.5) is 5.13 Å². The number of para-hydroxylation sites is 1. The molecule has 5 nitrogen and oxygen atoms in total. The summed E-state index contributed by atoms with van der Waals surface area (Å²) < 4.78 is 2.99. The van der Waals surface area contributed by atoms with E-state index in [-0.39, 0.29) is 18.3 Å². The summed E-state index contributed by atoms with van der Waals surface area (Å²) in [7, 11) is 0. The van der Waals surface area contributed by atoms with Gasteiger partial charge in [-0.2, -0.15) is 0 Å². The van der Waals surface area contributed by atoms with E-state index < -0.39 is 0 Å². The lowest BCUT2D eigenvalue weighted by Crippen LogP contribution is -2.33. The van der Waals surface area contributed by atoms with Crippen LogP contribution >= 0.6 is 35.3 Å². The highest BCUT2D eigenvalue weighted by Crippen LogP contribution is 2.33. The van der Waals surface area contributed by atoms with Crippen molar-refractivity contribution in [1.82, 2.24) is 14.5 Å². The summed E-state index contributed by atoms with van der Waals surface area (Å²) in [5.41, 5.74) is 1.74. The van der Waals surface area contributed by atoms with Gasteiger partial charge >= 0.3 is 0 Å². The van der Waals surface area contributed by atoms with Gasteiger partial charge in [0, 0.05) is 25.5 Å². The zero-order chi connectivity index (χ0) is 19.3. The van der Waals surface area contributed by atoms with Crippen molar-refractivity contribution in [3.8, 4) is 0 Å². The first-order chi connectivity index (χ1) is 13.7. The Hall–Kier alpha value is -2.41. The number of carbonyl (C=O) groups excluding carboxylic acids is 1. The van der Waals surface area contributed by atoms with E-state index in [2.05, 4.69) is 9.97 Å². The Kier molecular flexibility index (Phi) is 7.25. The van der Waals surface area contributed by atoms with Gasteiger partial charge in [-0.05, 0) is 24.1 Å². The number of amides is 1. The number of carbonyl (C=O) groups is 1. The number of aromatic nitrogens is 3. The van der Waals surface area contributed by atoms with Crippen molar-refractivity contribution >= 4 is 56.6 Å². The molecular formula is C21H20Cl2N4OS. The maximum atomic E-state index is 13.1. The van der Waals surface area contributed by atoms with Crippen molar-refractivity contribution < 1.29 is 4.79 Å². The largest absolute Gasteiger partial charge is 0.337 e. The number of rotatable bonds is 7. The van der Waals surface area contributed by atoms with Crippen LogP contribution in [0, 0.1) is 0 Å². The number of nitrogens with zero attached hydrogens (tertiary/aromatic N) is 4. The average molecular weight is 447 g/mol. The second kappa shape index (κ2) is 9.87. The van der Waals surface area contributed by atoms with Crippen molar-refractivity contribution in [2.24, 2.45) is 0 Å². The van der Waals surface area contributed by atoms with Crippen molar-refractivity contribution in [3.05, 3.63) is 77.8 Å². The molecule has 2 heterocycles. The predicted molar refractivity (Wildman–Crippen MR) is 121 cm³/mol. The van der Waals surface area contributed by atoms with Crippen LogP contribution in [0.5, 0.6) is 0 Å². The van der Waals surface area contributed by atoms with E-state index in [0.717, 1.165) is 28.7 Å². The predicted octanol–water partition coefficient (Wildman–Crippen LogP) is 5.23. The quantitative estimate of drug-likeness (QED) is 0.390. The van der Waals surface area contributed by atoms with E-state index in [9.17, 15) is 4.79 Å². The number of hydrogen-bond acceptors (Lipinski definition) is 4. The molecule has 8 heteroatoms. The summed E-state index contributed by atoms with van der Waals surface area (Å²) in [5.74, 6) is 0.0343. The molecule has 0 N–H and O–H groups in total. The van der Waals surface area contributed by atoms with Crippen LogP contribution in [-0.4, -0.2) is 27.0 Å². The SMILES string of the molecule is Cl.O=C(Cc1ccccc1)N(CCCn1ccnc1)c1nc2c(Cl)cccc2s1. The van der Waals surface area contributed by atoms with Gasteiger partial charge in [-0.25, -0.2) is 9.97 Å². The molecule has 0 aliphatic rings. The van der Waals surface area contributed by atoms with E-state index in [1.54, 1.807) is 17.4 Å². The summed E-state index contributed by atoms with van der Waals surface area (Å²) in [6.07, 6.45) is 6.62. The van der Waals surface area contributed by atoms with Crippen molar-refractivity contribution in [2.45, 2.75) is 19.4 Å². The van der Waals surface area contributed by atoms with Crippen molar-refractivity contribution in [2.75, 3.05) is 11.4 Å². The Morgan fingerprint density at radius 2 is 1.97 bits per heavy atom. The summed E-state index contributed by atoms with van der Waals surface area (Å²) in [6, 6.07) is 15.5. The molecule has 29 heavy (non-hydrogen) atoms. The fraction of sp³-hybridized carbons (Fsp3) is 0.190. The van der Waals surface area contributed by atoms with Gasteiger partial charge in [-0.1, -0.05) is 59.3 Å². The summed E-state index contributed by atoms with van der Waals surface area (Å²) in [4.78, 5) is 23.6. The Balaban J connectivity index is 0.00000240. The lowest BCUT2D eigenvalue weighted by molar-refractivity contribution is -0.118. The third-order valence-corrected chi connectivity index (χ3v) is 5.79. The average Bonchev–Trinajstić information content (AvgIpc) is 3.36. The van der Waals surface area contributed by atoms with E-state index in [1.165, 1.54) is 11.3 Å². The number of anilines is 1. The first-order valence-corrected chi connectivity index (χ1v) is 10.3. The van der Waals surface area contributed by atoms with Gasteiger partial charge in [0.2, 0.25) is 5.91 Å². The molecule has 4 aromatic rings. The van der Waals surface area contributed by atoms with Crippen molar-refractivity contribution in [3.63, 3.8) is 0 Å². The third kappa shape index (κ3) is 5.15. The van der Waals surface area contributed by atoms with Crippen LogP contribution in [0.3, 0.4) is 0 Å². The van der Waals surface area contributed by atoms with E-state index in [1.807, 2.05) is 59.3 Å². The zero-order valence-corrected chi connectivity index (χ0v) is 18.0. The third-order valence-electron chi connectivity index (χ3n) is 4.45. The number of fused-ring (bicyclic) bond motifs is 1. The lowest BCUT2D eigenvalue weighted by Gasteiger charge is -2.20. The lowest BCUT2D eigenvalue weighted by atomic mass is 10.1. The van der Waals surface area contributed by atoms with Crippen molar-refractivity contribution in [1.29, 1.82) is 0 Å². The first kappa shape index (κ1) is 21.3. The Labute approximate surface area is 184 Å². The van der Waals surface area contributed by atoms with Gasteiger partial charge in [0.15, 0.2) is 5.13 Å². The molecule has 2 aromatic heterocycles. The first-order valence-electron chi connectivity index (χ1n) is 9.06. The molecule has 4 rings (SSSR count). The summed E-state index contributed by atoms with van der Waals surface area (Å²) in [5, 5.41) is 1.29. The molecule has 0 aliphatic carbocycles. The number of aryl methyl sites for hydroxylation is 1. The van der Waals surface area contributed by atoms with Crippen LogP contribution in [0.15, 0.2) is 67.3 Å². The molecule has 0 aliphatic heterocycles. The minimum absolute atomic E-state index is 0. The van der Waals surface area contributed by atoms with Gasteiger partial charge in [0.1, 0.15) is 5.52 Å². The molecular weight excluding hydrogens is 427 g/mol. The minimum Gasteiger partial charge on any atom is -0.337 e. The Bertz CT molecular complexity index is 1070. The molecule has 0 spiro atoms. The number of hydrogen-bond donors (Lipinski definition) is 0. The number of halogens is 2. The highest BCUT2D eigenvalue weighted by Gasteiger charge is 2.20.